The molecular weight excluding hydrogens is 192 g/mol. The summed E-state index contributed by atoms with van der Waals surface area (Å²) in [6.45, 7) is 0. The summed E-state index contributed by atoms with van der Waals surface area (Å²) in [6.07, 6.45) is 0. The van der Waals surface area contributed by atoms with E-state index in [0.717, 1.165) is 0 Å². The minimum atomic E-state index is -0.652. The first kappa shape index (κ1) is 10.6. The Morgan fingerprint density at radius 1 is 1.53 bits per heavy atom. The Morgan fingerprint density at radius 3 is 2.87 bits per heavy atom. The fourth-order valence-electron chi connectivity index (χ4n) is 0.969. The maximum atomic E-state index is 10.8. The number of nitriles is 1. The van der Waals surface area contributed by atoms with Crippen LogP contribution in [-0.2, 0) is 9.53 Å². The molecule has 0 aliphatic carbocycles. The molecule has 0 radical (unpaired) electrons. The predicted molar refractivity (Wildman–Crippen MR) is 54.5 cm³/mol. The number of ether oxygens (including phenoxy) is 1. The molecule has 0 amide bonds. The van der Waals surface area contributed by atoms with Crippen LogP contribution in [0.25, 0.3) is 0 Å². The zero-order chi connectivity index (χ0) is 11.3. The Labute approximate surface area is 87.3 Å². The molecule has 1 aromatic carbocycles. The van der Waals surface area contributed by atoms with Gasteiger partial charge in [-0.25, -0.2) is 4.79 Å². The number of carbonyl (C=O) groups excluding carboxylic acids is 1. The molecule has 0 aliphatic rings. The summed E-state index contributed by atoms with van der Waals surface area (Å²) in [6, 6.07) is 6.81. The van der Waals surface area contributed by atoms with Crippen molar-refractivity contribution >= 4 is 11.7 Å². The van der Waals surface area contributed by atoms with Crippen LogP contribution in [0.1, 0.15) is 11.1 Å². The van der Waals surface area contributed by atoms with E-state index in [9.17, 15) is 4.79 Å². The van der Waals surface area contributed by atoms with Gasteiger partial charge in [0.2, 0.25) is 0 Å². The number of esters is 1. The topological polar surface area (TPSA) is 76.1 Å². The molecular formula is C11H8N2O2. The zero-order valence-corrected chi connectivity index (χ0v) is 8.07. The van der Waals surface area contributed by atoms with Gasteiger partial charge in [-0.15, -0.1) is 0 Å². The highest BCUT2D eigenvalue weighted by molar-refractivity contribution is 5.89. The van der Waals surface area contributed by atoms with E-state index in [4.69, 9.17) is 11.0 Å². The summed E-state index contributed by atoms with van der Waals surface area (Å²) in [5.74, 6) is 4.11. The van der Waals surface area contributed by atoms with Crippen LogP contribution in [-0.4, -0.2) is 13.1 Å². The molecule has 2 N–H and O–H groups in total. The molecule has 74 valence electrons. The molecule has 1 rings (SSSR count). The number of anilines is 1. The largest absolute Gasteiger partial charge is 0.459 e. The van der Waals surface area contributed by atoms with Gasteiger partial charge in [0.25, 0.3) is 0 Å². The SMILES string of the molecule is COC(=O)C#Cc1cccc(N)c1C#N. The maximum absolute atomic E-state index is 10.8. The van der Waals surface area contributed by atoms with E-state index in [-0.39, 0.29) is 5.56 Å². The lowest BCUT2D eigenvalue weighted by molar-refractivity contribution is -0.133. The van der Waals surface area contributed by atoms with Crippen molar-refractivity contribution in [1.29, 1.82) is 5.26 Å². The maximum Gasteiger partial charge on any atom is 0.384 e. The normalized spacial score (nSPS) is 8.27. The van der Waals surface area contributed by atoms with Crippen LogP contribution in [0.15, 0.2) is 18.2 Å². The molecule has 4 nitrogen and oxygen atoms in total. The quantitative estimate of drug-likeness (QED) is 0.379. The molecule has 0 aromatic heterocycles. The lowest BCUT2D eigenvalue weighted by atomic mass is 10.1. The molecule has 0 bridgehead atoms. The first-order valence-electron chi connectivity index (χ1n) is 4.07. The number of hydrogen-bond donors (Lipinski definition) is 1. The number of carbonyl (C=O) groups is 1. The van der Waals surface area contributed by atoms with Crippen molar-refractivity contribution in [2.45, 2.75) is 0 Å². The molecule has 0 saturated carbocycles. The number of nitrogens with zero attached hydrogens (tertiary/aromatic N) is 1. The Morgan fingerprint density at radius 2 is 2.27 bits per heavy atom. The fraction of sp³-hybridized carbons (Fsp3) is 0.0909. The minimum absolute atomic E-state index is 0.272. The van der Waals surface area contributed by atoms with E-state index >= 15 is 0 Å². The highest BCUT2D eigenvalue weighted by Gasteiger charge is 2.02. The second kappa shape index (κ2) is 4.69. The molecule has 0 saturated heterocycles. The first-order chi connectivity index (χ1) is 7.19. The average Bonchev–Trinajstić information content (AvgIpc) is 2.25. The number of methoxy groups -OCH3 is 1. The van der Waals surface area contributed by atoms with E-state index in [1.54, 1.807) is 18.2 Å². The van der Waals surface area contributed by atoms with Crippen LogP contribution in [0.2, 0.25) is 0 Å². The van der Waals surface area contributed by atoms with Crippen molar-refractivity contribution in [3.8, 4) is 17.9 Å². The molecule has 0 heterocycles. The van der Waals surface area contributed by atoms with E-state index < -0.39 is 5.97 Å². The molecule has 0 spiro atoms. The van der Waals surface area contributed by atoms with Gasteiger partial charge >= 0.3 is 5.97 Å². The molecule has 0 fully saturated rings. The van der Waals surface area contributed by atoms with E-state index in [1.807, 2.05) is 6.07 Å². The van der Waals surface area contributed by atoms with Crippen LogP contribution < -0.4 is 5.73 Å². The van der Waals surface area contributed by atoms with Crippen molar-refractivity contribution < 1.29 is 9.53 Å². The number of nitrogen functional groups attached to an aromatic ring is 1. The number of nitrogens with two attached hydrogens (primary N) is 1. The summed E-state index contributed by atoms with van der Waals surface area (Å²) in [7, 11) is 1.24. The number of hydrogen-bond acceptors (Lipinski definition) is 4. The van der Waals surface area contributed by atoms with Crippen LogP contribution >= 0.6 is 0 Å². The standard InChI is InChI=1S/C11H8N2O2/c1-15-11(14)6-5-8-3-2-4-10(13)9(8)7-12/h2-4H,13H2,1H3. The Kier molecular flexibility index (Phi) is 3.32. The third-order valence-electron chi connectivity index (χ3n) is 1.69. The van der Waals surface area contributed by atoms with Crippen molar-refractivity contribution in [2.75, 3.05) is 12.8 Å². The Bertz CT molecular complexity index is 490. The Balaban J connectivity index is 3.15. The smallest absolute Gasteiger partial charge is 0.384 e. The highest BCUT2D eigenvalue weighted by Crippen LogP contribution is 2.14. The molecule has 4 heteroatoms. The third-order valence-corrected chi connectivity index (χ3v) is 1.69. The van der Waals surface area contributed by atoms with Crippen molar-refractivity contribution in [3.05, 3.63) is 29.3 Å². The summed E-state index contributed by atoms with van der Waals surface area (Å²) < 4.78 is 4.35. The molecule has 0 aliphatic heterocycles. The molecule has 15 heavy (non-hydrogen) atoms. The molecule has 1 aromatic rings. The molecule has 0 atom stereocenters. The summed E-state index contributed by atoms with van der Waals surface area (Å²) in [4.78, 5) is 10.8. The monoisotopic (exact) mass is 200 g/mol. The average molecular weight is 200 g/mol. The minimum Gasteiger partial charge on any atom is -0.459 e. The predicted octanol–water partition coefficient (Wildman–Crippen LogP) is 0.665. The van der Waals surface area contributed by atoms with E-state index in [1.165, 1.54) is 7.11 Å². The highest BCUT2D eigenvalue weighted by atomic mass is 16.5. The molecule has 0 unspecified atom stereocenters. The van der Waals surface area contributed by atoms with Gasteiger partial charge < -0.3 is 10.5 Å². The zero-order valence-electron chi connectivity index (χ0n) is 8.07. The van der Waals surface area contributed by atoms with Crippen LogP contribution in [0.5, 0.6) is 0 Å². The fourth-order valence-corrected chi connectivity index (χ4v) is 0.969. The summed E-state index contributed by atoms with van der Waals surface area (Å²) in [5, 5.41) is 8.81. The van der Waals surface area contributed by atoms with Crippen molar-refractivity contribution in [1.82, 2.24) is 0 Å². The van der Waals surface area contributed by atoms with Crippen molar-refractivity contribution in [3.63, 3.8) is 0 Å². The van der Waals surface area contributed by atoms with E-state index in [2.05, 4.69) is 16.6 Å². The van der Waals surface area contributed by atoms with Crippen LogP contribution in [0, 0.1) is 23.2 Å². The van der Waals surface area contributed by atoms with Gasteiger partial charge in [-0.3, -0.25) is 0 Å². The van der Waals surface area contributed by atoms with Gasteiger partial charge in [-0.05, 0) is 12.1 Å². The van der Waals surface area contributed by atoms with Gasteiger partial charge in [0.15, 0.2) is 0 Å². The van der Waals surface area contributed by atoms with E-state index in [0.29, 0.717) is 11.3 Å². The third kappa shape index (κ3) is 2.49. The van der Waals surface area contributed by atoms with Gasteiger partial charge in [0.1, 0.15) is 6.07 Å². The van der Waals surface area contributed by atoms with Gasteiger partial charge in [0.05, 0.1) is 18.4 Å². The van der Waals surface area contributed by atoms with Gasteiger partial charge in [-0.1, -0.05) is 12.0 Å². The van der Waals surface area contributed by atoms with Crippen LogP contribution in [0.3, 0.4) is 0 Å². The number of benzene rings is 1. The van der Waals surface area contributed by atoms with Gasteiger partial charge in [0, 0.05) is 11.5 Å². The van der Waals surface area contributed by atoms with Crippen LogP contribution in [0.4, 0.5) is 5.69 Å². The summed E-state index contributed by atoms with van der Waals surface area (Å²) in [5.41, 5.74) is 6.60. The Hall–Kier alpha value is -2.46. The second-order valence-corrected chi connectivity index (χ2v) is 2.62. The van der Waals surface area contributed by atoms with Crippen molar-refractivity contribution in [2.24, 2.45) is 0 Å². The first-order valence-corrected chi connectivity index (χ1v) is 4.07. The number of rotatable bonds is 0. The second-order valence-electron chi connectivity index (χ2n) is 2.62. The lowest BCUT2D eigenvalue weighted by Gasteiger charge is -1.98. The van der Waals surface area contributed by atoms with Gasteiger partial charge in [-0.2, -0.15) is 5.26 Å². The lowest BCUT2D eigenvalue weighted by Crippen LogP contribution is -1.96. The summed E-state index contributed by atoms with van der Waals surface area (Å²) >= 11 is 0.